The number of hydrogen-bond donors (Lipinski definition) is 14. The first-order valence-corrected chi connectivity index (χ1v) is 23.7. The van der Waals surface area contributed by atoms with Gasteiger partial charge >= 0.3 is 17.9 Å². The Morgan fingerprint density at radius 1 is 0.603 bits per heavy atom. The van der Waals surface area contributed by atoms with E-state index in [-0.39, 0.29) is 62.7 Å². The third-order valence-corrected chi connectivity index (χ3v) is 11.2. The number of carbonyl (C=O) groups excluding carboxylic acids is 9. The molecule has 8 atom stereocenters. The predicted molar refractivity (Wildman–Crippen MR) is 255 cm³/mol. The van der Waals surface area contributed by atoms with Crippen LogP contribution in [0.1, 0.15) is 91.5 Å². The number of aromatic hydroxyl groups is 1. The molecule has 1 heterocycles. The number of rotatable bonds is 31. The molecular weight excluding hydrogens is 965 g/mol. The number of carboxylic acids is 3. The van der Waals surface area contributed by atoms with Gasteiger partial charge in [-0.25, -0.2) is 0 Å². The number of nitrogens with two attached hydrogens (primary N) is 1. The number of carbonyl (C=O) groups is 12. The van der Waals surface area contributed by atoms with Gasteiger partial charge in [-0.1, -0.05) is 39.8 Å². The summed E-state index contributed by atoms with van der Waals surface area (Å²) in [6, 6.07) is -5.63. The van der Waals surface area contributed by atoms with Crippen LogP contribution in [0.5, 0.6) is 5.75 Å². The fourth-order valence-corrected chi connectivity index (χ4v) is 7.44. The van der Waals surface area contributed by atoms with Crippen molar-refractivity contribution in [3.8, 4) is 5.75 Å². The topological polar surface area (TPSA) is 431 Å². The summed E-state index contributed by atoms with van der Waals surface area (Å²) in [5, 5.41) is 66.5. The fraction of sp³-hybridized carbons (Fsp3) is 0.609. The number of aliphatic hydroxyl groups excluding tert-OH is 1. The second-order valence-electron chi connectivity index (χ2n) is 18.4. The normalized spacial score (nSPS) is 16.0. The van der Waals surface area contributed by atoms with Crippen LogP contribution in [0.4, 0.5) is 0 Å². The first-order valence-electron chi connectivity index (χ1n) is 23.7. The molecule has 406 valence electrons. The highest BCUT2D eigenvalue weighted by atomic mass is 16.4. The summed E-state index contributed by atoms with van der Waals surface area (Å²) in [6.07, 6.45) is -1.49. The summed E-state index contributed by atoms with van der Waals surface area (Å²) in [5.41, 5.74) is 6.06. The second-order valence-corrected chi connectivity index (χ2v) is 18.4. The third-order valence-electron chi connectivity index (χ3n) is 11.2. The van der Waals surface area contributed by atoms with Crippen molar-refractivity contribution in [3.05, 3.63) is 29.8 Å². The predicted octanol–water partition coefficient (Wildman–Crippen LogP) is -3.69. The average Bonchev–Trinajstić information content (AvgIpc) is 3.81. The smallest absolute Gasteiger partial charge is 0.322 e. The highest BCUT2D eigenvalue weighted by Crippen LogP contribution is 2.21. The van der Waals surface area contributed by atoms with Crippen LogP contribution in [0.25, 0.3) is 0 Å². The lowest BCUT2D eigenvalue weighted by molar-refractivity contribution is -0.143. The summed E-state index contributed by atoms with van der Waals surface area (Å²) < 4.78 is 0. The lowest BCUT2D eigenvalue weighted by Gasteiger charge is -2.31. The van der Waals surface area contributed by atoms with E-state index in [1.54, 1.807) is 27.7 Å². The maximum atomic E-state index is 14.1. The SMILES string of the molecule is CC(C)CC(NC(=O)C(Cc1ccc(O)cc1)NC(=O)C(CO)NC(=O)C(CCC(=O)O)NC(=O)C1CCCN1C(=O)C(CC(C)C)NC(=O)C(C)NC(=O)CNC(=O)C(N)CCC(=O)O)C(=O)NCC(=O)O. The van der Waals surface area contributed by atoms with Crippen LogP contribution >= 0.6 is 0 Å². The molecule has 0 saturated carbocycles. The molecule has 73 heavy (non-hydrogen) atoms. The van der Waals surface area contributed by atoms with E-state index in [1.807, 2.05) is 0 Å². The van der Waals surface area contributed by atoms with Crippen molar-refractivity contribution < 1.29 is 83.1 Å². The molecule has 0 aromatic heterocycles. The first-order chi connectivity index (χ1) is 34.2. The number of aliphatic carboxylic acids is 3. The lowest BCUT2D eigenvalue weighted by atomic mass is 10.0. The molecule has 15 N–H and O–H groups in total. The van der Waals surface area contributed by atoms with Gasteiger partial charge in [-0.3, -0.25) is 57.5 Å². The zero-order chi connectivity index (χ0) is 55.1. The van der Waals surface area contributed by atoms with E-state index in [9.17, 15) is 72.9 Å². The van der Waals surface area contributed by atoms with Crippen LogP contribution in [0.15, 0.2) is 24.3 Å². The van der Waals surface area contributed by atoms with Gasteiger partial charge in [-0.15, -0.1) is 0 Å². The van der Waals surface area contributed by atoms with Crippen LogP contribution < -0.4 is 48.3 Å². The van der Waals surface area contributed by atoms with Crippen LogP contribution in [0, 0.1) is 11.8 Å². The van der Waals surface area contributed by atoms with E-state index in [0.29, 0.717) is 12.0 Å². The van der Waals surface area contributed by atoms with Gasteiger partial charge in [0.2, 0.25) is 53.2 Å². The van der Waals surface area contributed by atoms with Gasteiger partial charge in [0.25, 0.3) is 0 Å². The molecule has 1 aliphatic heterocycles. The number of aliphatic hydroxyl groups is 1. The van der Waals surface area contributed by atoms with Crippen molar-refractivity contribution in [2.45, 2.75) is 141 Å². The Hall–Kier alpha value is -7.42. The maximum Gasteiger partial charge on any atom is 0.322 e. The van der Waals surface area contributed by atoms with Crippen molar-refractivity contribution >= 4 is 71.1 Å². The Bertz CT molecular complexity index is 2140. The summed E-state index contributed by atoms with van der Waals surface area (Å²) in [4.78, 5) is 155. The molecular formula is C46H70N10O17. The molecule has 27 heteroatoms. The minimum Gasteiger partial charge on any atom is -0.508 e. The molecule has 0 spiro atoms. The highest BCUT2D eigenvalue weighted by molar-refractivity contribution is 5.98. The molecule has 8 unspecified atom stereocenters. The number of nitrogens with zero attached hydrogens (tertiary/aromatic N) is 1. The molecule has 1 aromatic carbocycles. The third kappa shape index (κ3) is 22.3. The number of carboxylic acid groups (broad SMARTS) is 3. The van der Waals surface area contributed by atoms with Crippen LogP contribution in [-0.2, 0) is 64.0 Å². The zero-order valence-electron chi connectivity index (χ0n) is 41.4. The molecule has 0 aliphatic carbocycles. The van der Waals surface area contributed by atoms with Gasteiger partial charge in [0, 0.05) is 25.8 Å². The number of hydrogen-bond acceptors (Lipinski definition) is 15. The van der Waals surface area contributed by atoms with E-state index in [1.165, 1.54) is 36.1 Å². The van der Waals surface area contributed by atoms with Gasteiger partial charge in [-0.2, -0.15) is 0 Å². The van der Waals surface area contributed by atoms with Gasteiger partial charge < -0.3 is 78.7 Å². The largest absolute Gasteiger partial charge is 0.508 e. The Kier molecular flexibility index (Phi) is 25.7. The quantitative estimate of drug-likeness (QED) is 0.0340. The number of amides is 9. The molecule has 27 nitrogen and oxygen atoms in total. The fourth-order valence-electron chi connectivity index (χ4n) is 7.44. The molecule has 9 amide bonds. The molecule has 0 bridgehead atoms. The van der Waals surface area contributed by atoms with Gasteiger partial charge in [0.05, 0.1) is 19.2 Å². The van der Waals surface area contributed by atoms with E-state index in [4.69, 9.17) is 15.9 Å². The van der Waals surface area contributed by atoms with Gasteiger partial charge in [0.15, 0.2) is 0 Å². The molecule has 1 fully saturated rings. The van der Waals surface area contributed by atoms with Crippen molar-refractivity contribution in [2.75, 3.05) is 26.2 Å². The summed E-state index contributed by atoms with van der Waals surface area (Å²) in [6.45, 7) is 5.95. The summed E-state index contributed by atoms with van der Waals surface area (Å²) in [7, 11) is 0. The number of phenols is 1. The summed E-state index contributed by atoms with van der Waals surface area (Å²) >= 11 is 0. The standard InChI is InChI=1S/C46H70N10O17/c1-23(2)17-30(41(68)49-21-38(64)65)52-43(70)31(19-26-8-10-27(58)11-9-26)53-44(71)33(22-57)55-42(69)29(13-15-37(62)63)51-45(72)34-7-6-16-56(34)46(73)32(18-24(3)4)54-39(66)25(5)50-35(59)20-48-40(67)28(47)12-14-36(60)61/h8-11,23-25,28-34,57-58H,6-7,12-22,47H2,1-5H3,(H,48,67)(H,49,68)(H,50,59)(H,51,72)(H,52,70)(H,53,71)(H,54,66)(H,55,69)(H,60,61)(H,62,63)(H,64,65). The van der Waals surface area contributed by atoms with E-state index >= 15 is 0 Å². The number of benzene rings is 1. The van der Waals surface area contributed by atoms with E-state index in [0.717, 1.165) is 0 Å². The molecule has 1 aromatic rings. The molecule has 1 aliphatic rings. The average molecular weight is 1040 g/mol. The molecule has 2 rings (SSSR count). The first kappa shape index (κ1) is 61.7. The van der Waals surface area contributed by atoms with Crippen molar-refractivity contribution in [1.82, 2.24) is 47.4 Å². The van der Waals surface area contributed by atoms with Crippen LogP contribution in [0.2, 0.25) is 0 Å². The van der Waals surface area contributed by atoms with Crippen LogP contribution in [0.3, 0.4) is 0 Å². The molecule has 0 radical (unpaired) electrons. The molecule has 1 saturated heterocycles. The highest BCUT2D eigenvalue weighted by Gasteiger charge is 2.40. The Morgan fingerprint density at radius 3 is 1.70 bits per heavy atom. The van der Waals surface area contributed by atoms with E-state index in [2.05, 4.69) is 42.5 Å². The van der Waals surface area contributed by atoms with E-state index < -0.39 is 152 Å². The number of nitrogens with one attached hydrogen (secondary N) is 8. The maximum absolute atomic E-state index is 14.1. The monoisotopic (exact) mass is 1030 g/mol. The Labute approximate surface area is 420 Å². The zero-order valence-corrected chi connectivity index (χ0v) is 41.4. The minimum atomic E-state index is -1.82. The van der Waals surface area contributed by atoms with Gasteiger partial charge in [0.1, 0.15) is 54.6 Å². The lowest BCUT2D eigenvalue weighted by Crippen LogP contribution is -2.60. The minimum absolute atomic E-state index is 0.0326. The number of phenolic OH excluding ortho intramolecular Hbond substituents is 1. The van der Waals surface area contributed by atoms with Crippen molar-refractivity contribution in [1.29, 1.82) is 0 Å². The van der Waals surface area contributed by atoms with Gasteiger partial charge in [-0.05, 0) is 75.0 Å². The second kappa shape index (κ2) is 30.5. The van der Waals surface area contributed by atoms with Crippen molar-refractivity contribution in [2.24, 2.45) is 17.6 Å². The number of likely N-dealkylation sites (tertiary alicyclic amines) is 1. The Balaban J connectivity index is 2.26. The Morgan fingerprint density at radius 2 is 1.12 bits per heavy atom. The van der Waals surface area contributed by atoms with Crippen molar-refractivity contribution in [3.63, 3.8) is 0 Å². The van der Waals surface area contributed by atoms with Crippen LogP contribution in [-0.4, -0.2) is 176 Å². The summed E-state index contributed by atoms with van der Waals surface area (Å²) in [5.74, 6) is -12.3.